The van der Waals surface area contributed by atoms with Crippen LogP contribution in [0.5, 0.6) is 5.75 Å². The SMILES string of the molecule is O=C(COc1cccc(Br)c1)NCc1cccs1. The third-order valence-corrected chi connectivity index (χ3v) is 3.58. The molecule has 18 heavy (non-hydrogen) atoms. The molecule has 0 unspecified atom stereocenters. The van der Waals surface area contributed by atoms with Gasteiger partial charge < -0.3 is 10.1 Å². The molecule has 0 spiro atoms. The molecule has 1 heterocycles. The molecule has 0 saturated heterocycles. The molecule has 0 radical (unpaired) electrons. The van der Waals surface area contributed by atoms with Crippen molar-refractivity contribution < 1.29 is 9.53 Å². The van der Waals surface area contributed by atoms with Crippen molar-refractivity contribution in [2.24, 2.45) is 0 Å². The monoisotopic (exact) mass is 325 g/mol. The van der Waals surface area contributed by atoms with Gasteiger partial charge >= 0.3 is 0 Å². The van der Waals surface area contributed by atoms with E-state index in [-0.39, 0.29) is 12.5 Å². The lowest BCUT2D eigenvalue weighted by Crippen LogP contribution is -2.28. The average Bonchev–Trinajstić information content (AvgIpc) is 2.87. The van der Waals surface area contributed by atoms with E-state index in [9.17, 15) is 4.79 Å². The van der Waals surface area contributed by atoms with Gasteiger partial charge in [0.25, 0.3) is 5.91 Å². The van der Waals surface area contributed by atoms with E-state index >= 15 is 0 Å². The van der Waals surface area contributed by atoms with Crippen LogP contribution in [0.4, 0.5) is 0 Å². The second-order valence-corrected chi connectivity index (χ2v) is 5.55. The zero-order valence-corrected chi connectivity index (χ0v) is 12.0. The Morgan fingerprint density at radius 3 is 2.94 bits per heavy atom. The minimum atomic E-state index is -0.122. The standard InChI is InChI=1S/C13H12BrNO2S/c14-10-3-1-4-11(7-10)17-9-13(16)15-8-12-5-2-6-18-12/h1-7H,8-9H2,(H,15,16). The number of ether oxygens (including phenoxy) is 1. The number of hydrogen-bond acceptors (Lipinski definition) is 3. The van der Waals surface area contributed by atoms with E-state index in [0.29, 0.717) is 12.3 Å². The molecule has 0 atom stereocenters. The Bertz CT molecular complexity index is 513. The fraction of sp³-hybridized carbons (Fsp3) is 0.154. The second kappa shape index (κ2) is 6.56. The first-order chi connectivity index (χ1) is 8.74. The molecule has 0 bridgehead atoms. The summed E-state index contributed by atoms with van der Waals surface area (Å²) in [6, 6.07) is 11.4. The molecule has 0 aliphatic rings. The van der Waals surface area contributed by atoms with Crippen LogP contribution in [0, 0.1) is 0 Å². The molecule has 1 aromatic heterocycles. The molecule has 3 nitrogen and oxygen atoms in total. The van der Waals surface area contributed by atoms with Crippen molar-refractivity contribution >= 4 is 33.2 Å². The molecule has 0 saturated carbocycles. The van der Waals surface area contributed by atoms with Crippen LogP contribution in [0.25, 0.3) is 0 Å². The normalized spacial score (nSPS) is 10.1. The maximum absolute atomic E-state index is 11.6. The van der Waals surface area contributed by atoms with Crippen molar-refractivity contribution in [1.29, 1.82) is 0 Å². The topological polar surface area (TPSA) is 38.3 Å². The highest BCUT2D eigenvalue weighted by molar-refractivity contribution is 9.10. The highest BCUT2D eigenvalue weighted by atomic mass is 79.9. The van der Waals surface area contributed by atoms with Crippen LogP contribution in [0.15, 0.2) is 46.3 Å². The zero-order valence-electron chi connectivity index (χ0n) is 9.56. The van der Waals surface area contributed by atoms with Crippen LogP contribution in [-0.4, -0.2) is 12.5 Å². The maximum atomic E-state index is 11.6. The van der Waals surface area contributed by atoms with Crippen LogP contribution in [0.1, 0.15) is 4.88 Å². The van der Waals surface area contributed by atoms with Gasteiger partial charge in [-0.25, -0.2) is 0 Å². The van der Waals surface area contributed by atoms with Gasteiger partial charge in [0.05, 0.1) is 6.54 Å². The molecule has 2 rings (SSSR count). The molecule has 0 fully saturated rings. The van der Waals surface area contributed by atoms with Gasteiger partial charge in [-0.1, -0.05) is 28.1 Å². The van der Waals surface area contributed by atoms with Crippen molar-refractivity contribution in [3.05, 3.63) is 51.1 Å². The molecule has 1 N–H and O–H groups in total. The molecule has 0 aliphatic carbocycles. The van der Waals surface area contributed by atoms with Crippen molar-refractivity contribution in [2.75, 3.05) is 6.61 Å². The van der Waals surface area contributed by atoms with Crippen molar-refractivity contribution in [2.45, 2.75) is 6.54 Å². The van der Waals surface area contributed by atoms with Crippen LogP contribution in [0.3, 0.4) is 0 Å². The number of thiophene rings is 1. The van der Waals surface area contributed by atoms with Crippen molar-refractivity contribution in [1.82, 2.24) is 5.32 Å². The van der Waals surface area contributed by atoms with Gasteiger partial charge in [0.15, 0.2) is 6.61 Å². The van der Waals surface area contributed by atoms with E-state index in [4.69, 9.17) is 4.74 Å². The van der Waals surface area contributed by atoms with Crippen LogP contribution < -0.4 is 10.1 Å². The lowest BCUT2D eigenvalue weighted by atomic mass is 10.3. The number of carbonyl (C=O) groups excluding carboxylic acids is 1. The summed E-state index contributed by atoms with van der Waals surface area (Å²) in [5, 5.41) is 4.79. The number of benzene rings is 1. The van der Waals surface area contributed by atoms with E-state index in [1.165, 1.54) is 0 Å². The summed E-state index contributed by atoms with van der Waals surface area (Å²) in [5.74, 6) is 0.555. The minimum Gasteiger partial charge on any atom is -0.484 e. The molecule has 94 valence electrons. The minimum absolute atomic E-state index is 0.0296. The number of hydrogen-bond donors (Lipinski definition) is 1. The van der Waals surface area contributed by atoms with Crippen LogP contribution in [-0.2, 0) is 11.3 Å². The Morgan fingerprint density at radius 1 is 1.33 bits per heavy atom. The summed E-state index contributed by atoms with van der Waals surface area (Å²) in [7, 11) is 0. The fourth-order valence-electron chi connectivity index (χ4n) is 1.36. The Hall–Kier alpha value is -1.33. The summed E-state index contributed by atoms with van der Waals surface area (Å²) in [4.78, 5) is 12.7. The quantitative estimate of drug-likeness (QED) is 0.916. The van der Waals surface area contributed by atoms with Crippen LogP contribution >= 0.6 is 27.3 Å². The molecule has 5 heteroatoms. The average molecular weight is 326 g/mol. The zero-order chi connectivity index (χ0) is 12.8. The summed E-state index contributed by atoms with van der Waals surface area (Å²) in [6.45, 7) is 0.584. The Morgan fingerprint density at radius 2 is 2.22 bits per heavy atom. The molecular weight excluding hydrogens is 314 g/mol. The predicted octanol–water partition coefficient (Wildman–Crippen LogP) is 3.21. The number of halogens is 1. The summed E-state index contributed by atoms with van der Waals surface area (Å²) in [5.41, 5.74) is 0. The van der Waals surface area contributed by atoms with Gasteiger partial charge in [-0.15, -0.1) is 11.3 Å². The highest BCUT2D eigenvalue weighted by Crippen LogP contribution is 2.17. The van der Waals surface area contributed by atoms with Crippen LogP contribution in [0.2, 0.25) is 0 Å². The molecule has 1 amide bonds. The highest BCUT2D eigenvalue weighted by Gasteiger charge is 2.03. The van der Waals surface area contributed by atoms with E-state index in [2.05, 4.69) is 21.2 Å². The summed E-state index contributed by atoms with van der Waals surface area (Å²) >= 11 is 4.97. The van der Waals surface area contributed by atoms with E-state index in [1.807, 2.05) is 41.8 Å². The number of amides is 1. The first-order valence-corrected chi connectivity index (χ1v) is 7.09. The van der Waals surface area contributed by atoms with E-state index < -0.39 is 0 Å². The van der Waals surface area contributed by atoms with Gasteiger partial charge in [-0.2, -0.15) is 0 Å². The van der Waals surface area contributed by atoms with E-state index in [1.54, 1.807) is 11.3 Å². The predicted molar refractivity (Wildman–Crippen MR) is 75.8 cm³/mol. The van der Waals surface area contributed by atoms with Gasteiger partial charge in [0.1, 0.15) is 5.75 Å². The first kappa shape index (κ1) is 13.1. The van der Waals surface area contributed by atoms with Gasteiger partial charge in [-0.05, 0) is 29.6 Å². The number of nitrogens with one attached hydrogen (secondary N) is 1. The third kappa shape index (κ3) is 4.16. The van der Waals surface area contributed by atoms with Crippen molar-refractivity contribution in [3.8, 4) is 5.75 Å². The van der Waals surface area contributed by atoms with Crippen molar-refractivity contribution in [3.63, 3.8) is 0 Å². The van der Waals surface area contributed by atoms with Gasteiger partial charge in [0.2, 0.25) is 0 Å². The lowest BCUT2D eigenvalue weighted by Gasteiger charge is -2.06. The molecule has 2 aromatic rings. The Balaban J connectivity index is 1.75. The summed E-state index contributed by atoms with van der Waals surface area (Å²) in [6.07, 6.45) is 0. The molecule has 0 aliphatic heterocycles. The number of rotatable bonds is 5. The molecule has 1 aromatic carbocycles. The number of carbonyl (C=O) groups is 1. The molecular formula is C13H12BrNO2S. The van der Waals surface area contributed by atoms with Gasteiger partial charge in [-0.3, -0.25) is 4.79 Å². The summed E-state index contributed by atoms with van der Waals surface area (Å²) < 4.78 is 6.31. The van der Waals surface area contributed by atoms with Gasteiger partial charge in [0, 0.05) is 9.35 Å². The Labute approximate surface area is 118 Å². The maximum Gasteiger partial charge on any atom is 0.258 e. The first-order valence-electron chi connectivity index (χ1n) is 5.41. The largest absolute Gasteiger partial charge is 0.484 e. The Kier molecular flexibility index (Phi) is 4.78. The lowest BCUT2D eigenvalue weighted by molar-refractivity contribution is -0.123. The third-order valence-electron chi connectivity index (χ3n) is 2.21. The fourth-order valence-corrected chi connectivity index (χ4v) is 2.38. The van der Waals surface area contributed by atoms with E-state index in [0.717, 1.165) is 9.35 Å². The second-order valence-electron chi connectivity index (χ2n) is 3.60. The smallest absolute Gasteiger partial charge is 0.258 e.